The fourth-order valence-electron chi connectivity index (χ4n) is 1.63. The normalized spacial score (nSPS) is 29.1. The second-order valence-corrected chi connectivity index (χ2v) is 4.73. The van der Waals surface area contributed by atoms with Crippen molar-refractivity contribution in [3.05, 3.63) is 0 Å². The minimum atomic E-state index is -4.62. The molecule has 1 unspecified atom stereocenters. The minimum Gasteiger partial charge on any atom is -0.807 e. The summed E-state index contributed by atoms with van der Waals surface area (Å²) in [6.45, 7) is 0.410. The standard InChI is InChI=1S/C6H12NO5P/c8-6(9)5-2-1-3-7(5)4-13(10,11)12/h5H,1-4H2,(H,8,9)(H2,10,11,12)/p-2/t5-/m0/s1. The molecule has 6 nitrogen and oxygen atoms in total. The first-order chi connectivity index (χ1) is 5.90. The van der Waals surface area contributed by atoms with Gasteiger partial charge < -0.3 is 29.2 Å². The molecule has 1 rings (SSSR count). The van der Waals surface area contributed by atoms with Crippen molar-refractivity contribution in [1.82, 2.24) is 0 Å². The smallest absolute Gasteiger partial charge is 0.128 e. The summed E-state index contributed by atoms with van der Waals surface area (Å²) in [4.78, 5) is 31.6. The number of aliphatic carboxylic acids is 1. The number of carboxylic acids is 1. The van der Waals surface area contributed by atoms with Crippen molar-refractivity contribution in [3.63, 3.8) is 0 Å². The van der Waals surface area contributed by atoms with Gasteiger partial charge in [-0.15, -0.1) is 0 Å². The van der Waals surface area contributed by atoms with Crippen molar-refractivity contribution in [2.24, 2.45) is 0 Å². The molecular weight excluding hydrogens is 197 g/mol. The maximum Gasteiger partial charge on any atom is 0.128 e. The number of nitrogens with one attached hydrogen (secondary N) is 1. The number of carboxylic acid groups (broad SMARTS) is 1. The molecule has 7 heteroatoms. The fourth-order valence-corrected chi connectivity index (χ4v) is 2.51. The Morgan fingerprint density at radius 1 is 1.54 bits per heavy atom. The monoisotopic (exact) mass is 207 g/mol. The van der Waals surface area contributed by atoms with E-state index in [-0.39, 0.29) is 0 Å². The third-order valence-corrected chi connectivity index (χ3v) is 2.96. The molecule has 0 spiro atoms. The Labute approximate surface area is 75.3 Å². The van der Waals surface area contributed by atoms with Crippen LogP contribution in [0.3, 0.4) is 0 Å². The predicted octanol–water partition coefficient (Wildman–Crippen LogP) is -4.35. The molecule has 0 aliphatic carbocycles. The molecule has 1 aliphatic rings. The summed E-state index contributed by atoms with van der Waals surface area (Å²) in [5, 5.41) is 10.5. The van der Waals surface area contributed by atoms with Gasteiger partial charge in [0.05, 0.1) is 12.5 Å². The SMILES string of the molecule is O=C([O-])[C@@H]1CCC[NH+]1CP(=O)([O-])[O-]. The van der Waals surface area contributed by atoms with Gasteiger partial charge in [-0.25, -0.2) is 0 Å². The lowest BCUT2D eigenvalue weighted by molar-refractivity contribution is -0.897. The van der Waals surface area contributed by atoms with Crippen molar-refractivity contribution in [2.75, 3.05) is 12.8 Å². The van der Waals surface area contributed by atoms with Crippen LogP contribution in [0.15, 0.2) is 0 Å². The van der Waals surface area contributed by atoms with Gasteiger partial charge in [0.1, 0.15) is 12.3 Å². The Balaban J connectivity index is 2.59. The van der Waals surface area contributed by atoms with E-state index in [4.69, 9.17) is 0 Å². The molecule has 1 heterocycles. The summed E-state index contributed by atoms with van der Waals surface area (Å²) >= 11 is 0. The Morgan fingerprint density at radius 3 is 2.62 bits per heavy atom. The largest absolute Gasteiger partial charge is 0.807 e. The van der Waals surface area contributed by atoms with E-state index in [0.717, 1.165) is 0 Å². The Morgan fingerprint density at radius 2 is 2.15 bits per heavy atom. The number of rotatable bonds is 3. The number of hydrogen-bond acceptors (Lipinski definition) is 5. The molecule has 0 amide bonds. The maximum absolute atomic E-state index is 10.5. The molecule has 2 atom stereocenters. The Kier molecular flexibility index (Phi) is 3.08. The average Bonchev–Trinajstić information content (AvgIpc) is 2.31. The third kappa shape index (κ3) is 3.08. The van der Waals surface area contributed by atoms with Crippen LogP contribution in [0, 0.1) is 0 Å². The highest BCUT2D eigenvalue weighted by molar-refractivity contribution is 7.48. The van der Waals surface area contributed by atoms with Gasteiger partial charge >= 0.3 is 0 Å². The van der Waals surface area contributed by atoms with Crippen molar-refractivity contribution in [1.29, 1.82) is 0 Å². The van der Waals surface area contributed by atoms with Crippen molar-refractivity contribution in [3.8, 4) is 0 Å². The van der Waals surface area contributed by atoms with Crippen molar-refractivity contribution < 1.29 is 29.2 Å². The number of hydrogen-bond donors (Lipinski definition) is 1. The highest BCUT2D eigenvalue weighted by Gasteiger charge is 2.29. The zero-order valence-corrected chi connectivity index (χ0v) is 7.79. The lowest BCUT2D eigenvalue weighted by Crippen LogP contribution is -3.15. The van der Waals surface area contributed by atoms with Crippen LogP contribution in [0.1, 0.15) is 12.8 Å². The summed E-state index contributed by atoms with van der Waals surface area (Å²) in [6.07, 6.45) is 0.372. The summed E-state index contributed by atoms with van der Waals surface area (Å²) in [7, 11) is -4.62. The van der Waals surface area contributed by atoms with E-state index in [1.807, 2.05) is 0 Å². The Bertz CT molecular complexity index is 249. The quantitative estimate of drug-likeness (QED) is 0.470. The first kappa shape index (κ1) is 10.7. The van der Waals surface area contributed by atoms with E-state index < -0.39 is 25.9 Å². The summed E-state index contributed by atoms with van der Waals surface area (Å²) in [6, 6.07) is -0.837. The number of quaternary nitrogens is 1. The second kappa shape index (κ2) is 3.75. The van der Waals surface area contributed by atoms with Crippen LogP contribution >= 0.6 is 7.60 Å². The molecule has 0 aromatic heterocycles. The van der Waals surface area contributed by atoms with Gasteiger partial charge in [0.15, 0.2) is 0 Å². The molecule has 13 heavy (non-hydrogen) atoms. The van der Waals surface area contributed by atoms with Gasteiger partial charge in [-0.05, 0) is 7.60 Å². The lowest BCUT2D eigenvalue weighted by Gasteiger charge is -2.33. The van der Waals surface area contributed by atoms with Crippen molar-refractivity contribution >= 4 is 13.6 Å². The van der Waals surface area contributed by atoms with E-state index >= 15 is 0 Å². The zero-order chi connectivity index (χ0) is 10.1. The number of carbonyl (C=O) groups is 1. The summed E-state index contributed by atoms with van der Waals surface area (Å²) < 4.78 is 10.4. The summed E-state index contributed by atoms with van der Waals surface area (Å²) in [5.41, 5.74) is 0. The fraction of sp³-hybridized carbons (Fsp3) is 0.833. The van der Waals surface area contributed by atoms with Crippen LogP contribution < -0.4 is 19.8 Å². The van der Waals surface area contributed by atoms with E-state index in [2.05, 4.69) is 0 Å². The average molecular weight is 207 g/mol. The molecule has 0 aromatic carbocycles. The van der Waals surface area contributed by atoms with Crippen molar-refractivity contribution in [2.45, 2.75) is 18.9 Å². The van der Waals surface area contributed by atoms with Gasteiger partial charge in [-0.1, -0.05) is 0 Å². The Hall–Kier alpha value is -0.420. The molecule has 1 saturated heterocycles. The van der Waals surface area contributed by atoms with Gasteiger partial charge in [0.2, 0.25) is 0 Å². The number of likely N-dealkylation sites (tertiary alicyclic amines) is 1. The van der Waals surface area contributed by atoms with E-state index in [1.54, 1.807) is 0 Å². The molecule has 0 radical (unpaired) electrons. The van der Waals surface area contributed by atoms with Gasteiger partial charge in [0, 0.05) is 12.8 Å². The summed E-state index contributed by atoms with van der Waals surface area (Å²) in [5.74, 6) is -1.28. The number of carbonyl (C=O) groups excluding carboxylic acids is 1. The molecule has 0 saturated carbocycles. The first-order valence-corrected chi connectivity index (χ1v) is 5.69. The highest BCUT2D eigenvalue weighted by atomic mass is 31.2. The van der Waals surface area contributed by atoms with Gasteiger partial charge in [-0.3, -0.25) is 0 Å². The van der Waals surface area contributed by atoms with Gasteiger partial charge in [0.25, 0.3) is 0 Å². The molecule has 76 valence electrons. The second-order valence-electron chi connectivity index (χ2n) is 3.19. The molecule has 0 aromatic rings. The molecule has 1 aliphatic heterocycles. The molecule has 1 fully saturated rings. The van der Waals surface area contributed by atoms with Crippen LogP contribution in [0.25, 0.3) is 0 Å². The van der Waals surface area contributed by atoms with Crippen LogP contribution in [0.4, 0.5) is 0 Å². The highest BCUT2D eigenvalue weighted by Crippen LogP contribution is 2.19. The van der Waals surface area contributed by atoms with E-state index in [1.165, 1.54) is 0 Å². The lowest BCUT2D eigenvalue weighted by atomic mass is 10.2. The first-order valence-electron chi connectivity index (χ1n) is 3.96. The maximum atomic E-state index is 10.5. The minimum absolute atomic E-state index is 0.299. The van der Waals surface area contributed by atoms with Crippen LogP contribution in [-0.4, -0.2) is 24.8 Å². The zero-order valence-electron chi connectivity index (χ0n) is 6.89. The van der Waals surface area contributed by atoms with Gasteiger partial charge in [-0.2, -0.15) is 0 Å². The van der Waals surface area contributed by atoms with E-state index in [0.29, 0.717) is 24.3 Å². The van der Waals surface area contributed by atoms with Crippen LogP contribution in [0.2, 0.25) is 0 Å². The van der Waals surface area contributed by atoms with Crippen LogP contribution in [-0.2, 0) is 9.36 Å². The topological polar surface area (TPSA) is 108 Å². The predicted molar refractivity (Wildman–Crippen MR) is 36.3 cm³/mol. The molecule has 0 bridgehead atoms. The van der Waals surface area contributed by atoms with E-state index in [9.17, 15) is 24.3 Å². The molecular formula is C6H10NO5P-2. The third-order valence-electron chi connectivity index (χ3n) is 2.16. The van der Waals surface area contributed by atoms with Crippen LogP contribution in [0.5, 0.6) is 0 Å². The molecule has 1 N–H and O–H groups in total.